The molecule has 7 heteroatoms. The van der Waals surface area contributed by atoms with Crippen LogP contribution in [0.4, 0.5) is 13.2 Å². The molecule has 0 saturated heterocycles. The van der Waals surface area contributed by atoms with Crippen molar-refractivity contribution >= 4 is 21.9 Å². The van der Waals surface area contributed by atoms with Gasteiger partial charge in [-0.15, -0.1) is 0 Å². The highest BCUT2D eigenvalue weighted by atomic mass is 79.9. The molecule has 1 saturated carbocycles. The van der Waals surface area contributed by atoms with Gasteiger partial charge < -0.3 is 11.1 Å². The van der Waals surface area contributed by atoms with Crippen LogP contribution in [-0.4, -0.2) is 12.5 Å². The van der Waals surface area contributed by atoms with E-state index >= 15 is 0 Å². The Morgan fingerprint density at radius 1 is 1.38 bits per heavy atom. The molecule has 2 rings (SSSR count). The summed E-state index contributed by atoms with van der Waals surface area (Å²) >= 11 is 3.05. The third-order valence-corrected chi connectivity index (χ3v) is 4.09. The number of hydrogen-bond acceptors (Lipinski definition) is 1. The lowest BCUT2D eigenvalue weighted by atomic mass is 9.85. The molecule has 0 amide bonds. The summed E-state index contributed by atoms with van der Waals surface area (Å²) in [5, 5.41) is 2.96. The first-order chi connectivity index (χ1) is 9.86. The van der Waals surface area contributed by atoms with Crippen LogP contribution in [-0.2, 0) is 12.7 Å². The molecule has 3 N–H and O–H groups in total. The Morgan fingerprint density at radius 3 is 2.67 bits per heavy atom. The van der Waals surface area contributed by atoms with Gasteiger partial charge in [0, 0.05) is 11.0 Å². The van der Waals surface area contributed by atoms with Crippen molar-refractivity contribution in [2.45, 2.75) is 32.0 Å². The van der Waals surface area contributed by atoms with Crippen LogP contribution in [0, 0.1) is 5.92 Å². The number of rotatable bonds is 4. The summed E-state index contributed by atoms with van der Waals surface area (Å²) in [6.07, 6.45) is -0.823. The molecule has 1 fully saturated rings. The predicted molar refractivity (Wildman–Crippen MR) is 79.8 cm³/mol. The van der Waals surface area contributed by atoms with Gasteiger partial charge in [0.25, 0.3) is 0 Å². The molecule has 1 aliphatic carbocycles. The van der Waals surface area contributed by atoms with E-state index in [1.54, 1.807) is 6.07 Å². The number of nitrogens with one attached hydrogen (secondary N) is 1. The van der Waals surface area contributed by atoms with Gasteiger partial charge in [-0.3, -0.25) is 0 Å². The third-order valence-electron chi connectivity index (χ3n) is 3.59. The molecule has 0 bridgehead atoms. The highest BCUT2D eigenvalue weighted by Crippen LogP contribution is 2.34. The van der Waals surface area contributed by atoms with E-state index in [9.17, 15) is 13.2 Å². The minimum Gasteiger partial charge on any atom is -0.370 e. The van der Waals surface area contributed by atoms with Crippen molar-refractivity contribution in [2.75, 3.05) is 6.54 Å². The first-order valence-electron chi connectivity index (χ1n) is 6.75. The van der Waals surface area contributed by atoms with Gasteiger partial charge in [0.05, 0.1) is 12.1 Å². The summed E-state index contributed by atoms with van der Waals surface area (Å²) in [5.41, 5.74) is 5.11. The van der Waals surface area contributed by atoms with Crippen molar-refractivity contribution in [3.05, 3.63) is 33.8 Å². The van der Waals surface area contributed by atoms with Crippen LogP contribution < -0.4 is 11.1 Å². The quantitative estimate of drug-likeness (QED) is 0.633. The Hall–Kier alpha value is -1.24. The average Bonchev–Trinajstić information content (AvgIpc) is 2.34. The first-order valence-corrected chi connectivity index (χ1v) is 7.55. The Bertz CT molecular complexity index is 525. The Morgan fingerprint density at radius 2 is 2.10 bits per heavy atom. The highest BCUT2D eigenvalue weighted by Gasteiger charge is 2.33. The summed E-state index contributed by atoms with van der Waals surface area (Å²) < 4.78 is 39.2. The minimum atomic E-state index is -4.40. The van der Waals surface area contributed by atoms with Crippen LogP contribution in [0.3, 0.4) is 0 Å². The largest absolute Gasteiger partial charge is 0.416 e. The van der Waals surface area contributed by atoms with E-state index in [0.717, 1.165) is 12.6 Å². The normalized spacial score (nSPS) is 16.7. The van der Waals surface area contributed by atoms with Gasteiger partial charge in [0.1, 0.15) is 0 Å². The van der Waals surface area contributed by atoms with Crippen LogP contribution >= 0.6 is 15.9 Å². The van der Waals surface area contributed by atoms with Crippen LogP contribution in [0.2, 0.25) is 0 Å². The molecule has 3 nitrogen and oxygen atoms in total. The topological polar surface area (TPSA) is 50.4 Å². The molecule has 0 heterocycles. The zero-order valence-electron chi connectivity index (χ0n) is 11.4. The van der Waals surface area contributed by atoms with E-state index in [4.69, 9.17) is 5.73 Å². The van der Waals surface area contributed by atoms with E-state index in [1.807, 2.05) is 0 Å². The molecular weight excluding hydrogens is 347 g/mol. The van der Waals surface area contributed by atoms with Gasteiger partial charge >= 0.3 is 6.18 Å². The number of guanidine groups is 1. The Labute approximate surface area is 129 Å². The molecule has 0 unspecified atom stereocenters. The highest BCUT2D eigenvalue weighted by molar-refractivity contribution is 9.10. The summed E-state index contributed by atoms with van der Waals surface area (Å²) in [4.78, 5) is 4.00. The maximum Gasteiger partial charge on any atom is 0.416 e. The first kappa shape index (κ1) is 16.1. The van der Waals surface area contributed by atoms with Crippen molar-refractivity contribution in [3.63, 3.8) is 0 Å². The number of hydrogen-bond donors (Lipinski definition) is 2. The van der Waals surface area contributed by atoms with Crippen molar-refractivity contribution in [1.29, 1.82) is 0 Å². The lowest BCUT2D eigenvalue weighted by Crippen LogP contribution is -2.37. The van der Waals surface area contributed by atoms with Crippen molar-refractivity contribution < 1.29 is 13.2 Å². The Kier molecular flexibility index (Phi) is 5.13. The Balaban J connectivity index is 2.01. The fourth-order valence-electron chi connectivity index (χ4n) is 2.12. The predicted octanol–water partition coefficient (Wildman–Crippen LogP) is 3.67. The van der Waals surface area contributed by atoms with Gasteiger partial charge in [0.15, 0.2) is 5.96 Å². The number of halogens is 4. The molecule has 116 valence electrons. The molecule has 0 aliphatic heterocycles. The lowest BCUT2D eigenvalue weighted by Gasteiger charge is -2.25. The standard InChI is InChI=1S/C14H17BrF3N3/c15-11-5-4-10(12(6-11)14(16,17)18)8-21-13(19)20-7-9-2-1-3-9/h4-6,9H,1-3,7-8H2,(H3,19,20,21). The maximum atomic E-state index is 12.9. The molecule has 0 radical (unpaired) electrons. The van der Waals surface area contributed by atoms with Gasteiger partial charge in [-0.05, 0) is 36.5 Å². The second kappa shape index (κ2) is 6.68. The second-order valence-electron chi connectivity index (χ2n) is 5.18. The van der Waals surface area contributed by atoms with Crippen molar-refractivity contribution in [1.82, 2.24) is 5.32 Å². The van der Waals surface area contributed by atoms with E-state index in [2.05, 4.69) is 26.2 Å². The van der Waals surface area contributed by atoms with E-state index in [-0.39, 0.29) is 18.1 Å². The number of nitrogens with zero attached hydrogens (tertiary/aromatic N) is 1. The molecule has 1 aromatic carbocycles. The SMILES string of the molecule is NC(=NCc1ccc(Br)cc1C(F)(F)F)NCC1CCC1. The van der Waals surface area contributed by atoms with Crippen LogP contribution in [0.1, 0.15) is 30.4 Å². The molecular formula is C14H17BrF3N3. The van der Waals surface area contributed by atoms with E-state index < -0.39 is 11.7 Å². The van der Waals surface area contributed by atoms with Gasteiger partial charge in [0.2, 0.25) is 0 Å². The summed E-state index contributed by atoms with van der Waals surface area (Å²) in [7, 11) is 0. The zero-order chi connectivity index (χ0) is 15.5. The fourth-order valence-corrected chi connectivity index (χ4v) is 2.48. The summed E-state index contributed by atoms with van der Waals surface area (Å²) in [6, 6.07) is 4.04. The molecule has 1 aromatic rings. The van der Waals surface area contributed by atoms with Gasteiger partial charge in [-0.25, -0.2) is 4.99 Å². The number of aliphatic imine (C=N–C) groups is 1. The summed E-state index contributed by atoms with van der Waals surface area (Å²) in [5.74, 6) is 0.801. The third kappa shape index (κ3) is 4.62. The molecule has 0 spiro atoms. The second-order valence-corrected chi connectivity index (χ2v) is 6.09. The number of nitrogens with two attached hydrogens (primary N) is 1. The smallest absolute Gasteiger partial charge is 0.370 e. The zero-order valence-corrected chi connectivity index (χ0v) is 13.0. The van der Waals surface area contributed by atoms with E-state index in [0.29, 0.717) is 10.4 Å². The molecule has 0 aromatic heterocycles. The monoisotopic (exact) mass is 363 g/mol. The fraction of sp³-hybridized carbons (Fsp3) is 0.500. The maximum absolute atomic E-state index is 12.9. The van der Waals surface area contributed by atoms with Crippen LogP contribution in [0.25, 0.3) is 0 Å². The lowest BCUT2D eigenvalue weighted by molar-refractivity contribution is -0.138. The van der Waals surface area contributed by atoms with Crippen LogP contribution in [0.5, 0.6) is 0 Å². The van der Waals surface area contributed by atoms with Crippen molar-refractivity contribution in [3.8, 4) is 0 Å². The van der Waals surface area contributed by atoms with Gasteiger partial charge in [-0.1, -0.05) is 28.4 Å². The van der Waals surface area contributed by atoms with Crippen LogP contribution in [0.15, 0.2) is 27.7 Å². The minimum absolute atomic E-state index is 0.0916. The van der Waals surface area contributed by atoms with Gasteiger partial charge in [-0.2, -0.15) is 13.2 Å². The number of benzene rings is 1. The van der Waals surface area contributed by atoms with Crippen molar-refractivity contribution in [2.24, 2.45) is 16.6 Å². The molecule has 21 heavy (non-hydrogen) atoms. The van der Waals surface area contributed by atoms with E-state index in [1.165, 1.54) is 25.3 Å². The average molecular weight is 364 g/mol. The molecule has 1 aliphatic rings. The molecule has 0 atom stereocenters. The number of alkyl halides is 3. The summed E-state index contributed by atoms with van der Waals surface area (Å²) in [6.45, 7) is 0.646.